The number of fused-ring (bicyclic) bond motifs is 1. The Hall–Kier alpha value is -3.63. The number of carbonyl (C=O) groups is 2. The molecule has 0 saturated carbocycles. The summed E-state index contributed by atoms with van der Waals surface area (Å²) in [5.41, 5.74) is 2.97. The van der Waals surface area contributed by atoms with Crippen LogP contribution in [0.3, 0.4) is 0 Å². The first kappa shape index (κ1) is 21.6. The smallest absolute Gasteiger partial charge is 0.254 e. The molecular formula is C22H22N6O3S. The van der Waals surface area contributed by atoms with Gasteiger partial charge in [0, 0.05) is 49.4 Å². The zero-order chi connectivity index (χ0) is 22.7. The molecule has 0 bridgehead atoms. The predicted octanol–water partition coefficient (Wildman–Crippen LogP) is 3.17. The van der Waals surface area contributed by atoms with E-state index in [2.05, 4.69) is 20.6 Å². The Morgan fingerprint density at radius 2 is 2.00 bits per heavy atom. The number of methoxy groups -OCH3 is 1. The van der Waals surface area contributed by atoms with Crippen LogP contribution < -0.4 is 10.6 Å². The lowest BCUT2D eigenvalue weighted by molar-refractivity contribution is -0.119. The van der Waals surface area contributed by atoms with E-state index in [0.717, 1.165) is 10.6 Å². The molecule has 3 heterocycles. The number of hydrogen-bond donors (Lipinski definition) is 2. The van der Waals surface area contributed by atoms with E-state index in [1.54, 1.807) is 30.7 Å². The summed E-state index contributed by atoms with van der Waals surface area (Å²) in [6.07, 6.45) is 5.08. The van der Waals surface area contributed by atoms with Crippen molar-refractivity contribution in [3.8, 4) is 11.4 Å². The first-order chi connectivity index (χ1) is 15.5. The topological polar surface area (TPSA) is 111 Å². The summed E-state index contributed by atoms with van der Waals surface area (Å²) in [6, 6.07) is 6.84. The highest BCUT2D eigenvalue weighted by atomic mass is 32.1. The Balaban J connectivity index is 1.79. The van der Waals surface area contributed by atoms with Gasteiger partial charge in [0.05, 0.1) is 22.6 Å². The van der Waals surface area contributed by atoms with Crippen LogP contribution in [-0.2, 0) is 16.6 Å². The Bertz CT molecular complexity index is 1250. The highest BCUT2D eigenvalue weighted by Gasteiger charge is 2.21. The van der Waals surface area contributed by atoms with Crippen molar-refractivity contribution in [3.63, 3.8) is 0 Å². The number of aryl methyl sites for hydroxylation is 1. The summed E-state index contributed by atoms with van der Waals surface area (Å²) in [4.78, 5) is 38.4. The molecule has 3 aromatic heterocycles. The number of ether oxygens (including phenoxy) is 1. The minimum Gasteiger partial charge on any atom is -0.375 e. The first-order valence-electron chi connectivity index (χ1n) is 9.88. The maximum absolute atomic E-state index is 13.3. The molecule has 0 aliphatic rings. The molecule has 32 heavy (non-hydrogen) atoms. The summed E-state index contributed by atoms with van der Waals surface area (Å²) in [7, 11) is 3.30. The van der Waals surface area contributed by atoms with Gasteiger partial charge in [-0.05, 0) is 31.2 Å². The average molecular weight is 451 g/mol. The van der Waals surface area contributed by atoms with E-state index in [0.29, 0.717) is 28.1 Å². The summed E-state index contributed by atoms with van der Waals surface area (Å²) in [6.45, 7) is 1.79. The number of nitrogens with one attached hydrogen (secondary N) is 2. The van der Waals surface area contributed by atoms with Crippen molar-refractivity contribution >= 4 is 39.9 Å². The van der Waals surface area contributed by atoms with Crippen molar-refractivity contribution < 1.29 is 14.3 Å². The van der Waals surface area contributed by atoms with Crippen molar-refractivity contribution in [3.05, 3.63) is 58.8 Å². The summed E-state index contributed by atoms with van der Waals surface area (Å²) >= 11 is 1.47. The minimum absolute atomic E-state index is 0.0921. The molecule has 0 saturated heterocycles. The number of carbonyl (C=O) groups excluding carboxylic acids is 2. The second kappa shape index (κ2) is 9.25. The predicted molar refractivity (Wildman–Crippen MR) is 122 cm³/mol. The highest BCUT2D eigenvalue weighted by Crippen LogP contribution is 2.29. The van der Waals surface area contributed by atoms with Crippen LogP contribution in [-0.4, -0.2) is 45.1 Å². The van der Waals surface area contributed by atoms with Gasteiger partial charge >= 0.3 is 0 Å². The van der Waals surface area contributed by atoms with Crippen LogP contribution in [0.4, 0.5) is 5.69 Å². The number of pyridine rings is 1. The molecule has 2 amide bonds. The lowest BCUT2D eigenvalue weighted by Gasteiger charge is -2.14. The van der Waals surface area contributed by atoms with Crippen LogP contribution in [0.5, 0.6) is 0 Å². The largest absolute Gasteiger partial charge is 0.375 e. The number of imidazole rings is 1. The number of rotatable bonds is 7. The van der Waals surface area contributed by atoms with E-state index in [9.17, 15) is 9.59 Å². The molecule has 0 fully saturated rings. The number of anilines is 1. The van der Waals surface area contributed by atoms with Crippen molar-refractivity contribution in [2.24, 2.45) is 7.05 Å². The molecule has 164 valence electrons. The normalized spacial score (nSPS) is 12.0. The molecule has 2 N–H and O–H groups in total. The van der Waals surface area contributed by atoms with Crippen molar-refractivity contribution in [1.29, 1.82) is 0 Å². The van der Waals surface area contributed by atoms with Gasteiger partial charge in [-0.2, -0.15) is 0 Å². The van der Waals surface area contributed by atoms with Crippen molar-refractivity contribution in [2.45, 2.75) is 13.0 Å². The molecule has 4 rings (SSSR count). The number of nitrogens with zero attached hydrogens (tertiary/aromatic N) is 4. The summed E-state index contributed by atoms with van der Waals surface area (Å²) in [5.74, 6) is 0.0780. The lowest BCUT2D eigenvalue weighted by Crippen LogP contribution is -2.27. The molecule has 9 nitrogen and oxygen atoms in total. The Kier molecular flexibility index (Phi) is 6.24. The van der Waals surface area contributed by atoms with Crippen molar-refractivity contribution in [1.82, 2.24) is 24.8 Å². The molecule has 0 spiro atoms. The molecule has 1 unspecified atom stereocenters. The van der Waals surface area contributed by atoms with Gasteiger partial charge in [0.2, 0.25) is 5.91 Å². The SMILES string of the molecule is COCC(=O)Nc1cc(C(=O)NC(C)c2nccs2)c2c(c1)nc(-c1ccncc1)n2C. The Labute approximate surface area is 188 Å². The maximum atomic E-state index is 13.3. The zero-order valence-electron chi connectivity index (χ0n) is 17.8. The van der Waals surface area contributed by atoms with E-state index in [4.69, 9.17) is 9.72 Å². The molecule has 10 heteroatoms. The number of hydrogen-bond acceptors (Lipinski definition) is 7. The van der Waals surface area contributed by atoms with Crippen LogP contribution in [0.2, 0.25) is 0 Å². The highest BCUT2D eigenvalue weighted by molar-refractivity contribution is 7.09. The van der Waals surface area contributed by atoms with Crippen LogP contribution >= 0.6 is 11.3 Å². The van der Waals surface area contributed by atoms with Gasteiger partial charge < -0.3 is 19.9 Å². The van der Waals surface area contributed by atoms with Gasteiger partial charge in [-0.1, -0.05) is 0 Å². The van der Waals surface area contributed by atoms with E-state index >= 15 is 0 Å². The molecule has 0 radical (unpaired) electrons. The first-order valence-corrected chi connectivity index (χ1v) is 10.8. The zero-order valence-corrected chi connectivity index (χ0v) is 18.6. The van der Waals surface area contributed by atoms with E-state index in [-0.39, 0.29) is 24.5 Å². The third kappa shape index (κ3) is 4.36. The molecule has 0 aliphatic heterocycles. The summed E-state index contributed by atoms with van der Waals surface area (Å²) < 4.78 is 6.76. The van der Waals surface area contributed by atoms with Crippen LogP contribution in [0.25, 0.3) is 22.4 Å². The Morgan fingerprint density at radius 1 is 1.22 bits per heavy atom. The van der Waals surface area contributed by atoms with Gasteiger partial charge in [-0.15, -0.1) is 11.3 Å². The van der Waals surface area contributed by atoms with Gasteiger partial charge in [-0.25, -0.2) is 9.97 Å². The quantitative estimate of drug-likeness (QED) is 0.447. The van der Waals surface area contributed by atoms with Gasteiger partial charge in [-0.3, -0.25) is 14.6 Å². The average Bonchev–Trinajstić information content (AvgIpc) is 3.43. The van der Waals surface area contributed by atoms with Gasteiger partial charge in [0.15, 0.2) is 0 Å². The van der Waals surface area contributed by atoms with Crippen molar-refractivity contribution in [2.75, 3.05) is 19.0 Å². The van der Waals surface area contributed by atoms with E-state index in [1.807, 2.05) is 36.1 Å². The van der Waals surface area contributed by atoms with Crippen LogP contribution in [0, 0.1) is 0 Å². The van der Waals surface area contributed by atoms with E-state index < -0.39 is 0 Å². The Morgan fingerprint density at radius 3 is 2.69 bits per heavy atom. The summed E-state index contributed by atoms with van der Waals surface area (Å²) in [5, 5.41) is 8.43. The van der Waals surface area contributed by atoms with Gasteiger partial charge in [0.1, 0.15) is 17.4 Å². The molecule has 1 aromatic carbocycles. The molecular weight excluding hydrogens is 428 g/mol. The third-order valence-corrected chi connectivity index (χ3v) is 5.84. The van der Waals surface area contributed by atoms with E-state index in [1.165, 1.54) is 18.4 Å². The molecule has 4 aromatic rings. The fourth-order valence-corrected chi connectivity index (χ4v) is 4.11. The molecule has 0 aliphatic carbocycles. The lowest BCUT2D eigenvalue weighted by atomic mass is 10.1. The fraction of sp³-hybridized carbons (Fsp3) is 0.227. The van der Waals surface area contributed by atoms with Crippen LogP contribution in [0.1, 0.15) is 28.3 Å². The second-order valence-electron chi connectivity index (χ2n) is 7.17. The fourth-order valence-electron chi connectivity index (χ4n) is 3.47. The second-order valence-corrected chi connectivity index (χ2v) is 8.09. The molecule has 1 atom stereocenters. The van der Waals surface area contributed by atoms with Crippen LogP contribution in [0.15, 0.2) is 48.2 Å². The number of thiazole rings is 1. The third-order valence-electron chi connectivity index (χ3n) is 4.88. The van der Waals surface area contributed by atoms with Gasteiger partial charge in [0.25, 0.3) is 5.91 Å². The number of aromatic nitrogens is 4. The maximum Gasteiger partial charge on any atom is 0.254 e. The monoisotopic (exact) mass is 450 g/mol. The number of benzene rings is 1. The number of amides is 2. The minimum atomic E-state index is -0.320. The standard InChI is InChI=1S/C22H22N6O3S/c1-13(22-24-8-9-32-22)25-21(30)16-10-15(26-18(29)12-31-3)11-17-19(16)28(2)20(27-17)14-4-6-23-7-5-14/h4-11,13H,12H2,1-3H3,(H,25,30)(H,26,29).